The number of aryl methyl sites for hydroxylation is 1. The normalized spacial score (nSPS) is 11.0. The van der Waals surface area contributed by atoms with E-state index in [1.807, 2.05) is 25.4 Å². The fourth-order valence-electron chi connectivity index (χ4n) is 1.81. The summed E-state index contributed by atoms with van der Waals surface area (Å²) >= 11 is 1.62. The third-order valence-corrected chi connectivity index (χ3v) is 3.85. The molecule has 7 heteroatoms. The fourth-order valence-corrected chi connectivity index (χ4v) is 2.52. The molecule has 2 N–H and O–H groups in total. The fraction of sp³-hybridized carbons (Fsp3) is 0.333. The van der Waals surface area contributed by atoms with Gasteiger partial charge in [0.1, 0.15) is 5.82 Å². The van der Waals surface area contributed by atoms with Crippen LogP contribution in [0.3, 0.4) is 0 Å². The van der Waals surface area contributed by atoms with E-state index in [0.717, 1.165) is 23.8 Å². The van der Waals surface area contributed by atoms with E-state index in [-0.39, 0.29) is 29.8 Å². The average Bonchev–Trinajstić information content (AvgIpc) is 2.87. The van der Waals surface area contributed by atoms with Crippen molar-refractivity contribution in [3.63, 3.8) is 0 Å². The van der Waals surface area contributed by atoms with E-state index in [4.69, 9.17) is 0 Å². The Kier molecular flexibility index (Phi) is 8.32. The van der Waals surface area contributed by atoms with Gasteiger partial charge in [0.25, 0.3) is 0 Å². The highest BCUT2D eigenvalue weighted by molar-refractivity contribution is 14.0. The van der Waals surface area contributed by atoms with Gasteiger partial charge in [-0.3, -0.25) is 0 Å². The lowest BCUT2D eigenvalue weighted by Gasteiger charge is -2.10. The predicted molar refractivity (Wildman–Crippen MR) is 100 cm³/mol. The summed E-state index contributed by atoms with van der Waals surface area (Å²) in [6.45, 7) is 5.90. The minimum atomic E-state index is -0.235. The molecule has 0 aliphatic carbocycles. The van der Waals surface area contributed by atoms with Crippen LogP contribution < -0.4 is 10.6 Å². The number of nitrogens with one attached hydrogen (secondary N) is 2. The summed E-state index contributed by atoms with van der Waals surface area (Å²) in [7, 11) is 0. The molecule has 0 radical (unpaired) electrons. The van der Waals surface area contributed by atoms with Gasteiger partial charge in [0, 0.05) is 11.4 Å². The van der Waals surface area contributed by atoms with Crippen molar-refractivity contribution < 1.29 is 4.39 Å². The van der Waals surface area contributed by atoms with Gasteiger partial charge in [-0.15, -0.1) is 35.3 Å². The van der Waals surface area contributed by atoms with Gasteiger partial charge in [-0.05, 0) is 31.5 Å². The molecule has 0 unspecified atom stereocenters. The predicted octanol–water partition coefficient (Wildman–Crippen LogP) is 3.46. The molecule has 0 amide bonds. The maximum absolute atomic E-state index is 13.1. The van der Waals surface area contributed by atoms with Gasteiger partial charge in [0.15, 0.2) is 5.96 Å². The highest BCUT2D eigenvalue weighted by atomic mass is 127. The number of hydrogen-bond donors (Lipinski definition) is 2. The standard InChI is InChI=1S/C15H19FN4S.HI/c1-3-17-15(19-9-14-11(2)20-10-21-14)18-8-12-5-4-6-13(16)7-12;/h4-7,10H,3,8-9H2,1-2H3,(H2,17,18,19);1H. The largest absolute Gasteiger partial charge is 0.357 e. The molecule has 0 atom stereocenters. The van der Waals surface area contributed by atoms with Crippen molar-refractivity contribution in [2.45, 2.75) is 26.9 Å². The summed E-state index contributed by atoms with van der Waals surface area (Å²) in [5, 5.41) is 6.44. The topological polar surface area (TPSA) is 49.3 Å². The number of aliphatic imine (C=N–C) groups is 1. The van der Waals surface area contributed by atoms with E-state index in [9.17, 15) is 4.39 Å². The molecule has 2 rings (SSSR count). The number of nitrogens with zero attached hydrogens (tertiary/aromatic N) is 2. The van der Waals surface area contributed by atoms with E-state index in [1.54, 1.807) is 17.4 Å². The van der Waals surface area contributed by atoms with Gasteiger partial charge < -0.3 is 10.6 Å². The van der Waals surface area contributed by atoms with E-state index >= 15 is 0 Å². The van der Waals surface area contributed by atoms with Crippen molar-refractivity contribution in [2.24, 2.45) is 4.99 Å². The number of benzene rings is 1. The lowest BCUT2D eigenvalue weighted by Crippen LogP contribution is -2.36. The second-order valence-corrected chi connectivity index (χ2v) is 5.48. The number of thiazole rings is 1. The monoisotopic (exact) mass is 434 g/mol. The van der Waals surface area contributed by atoms with Crippen molar-refractivity contribution >= 4 is 41.3 Å². The van der Waals surface area contributed by atoms with Crippen molar-refractivity contribution in [3.05, 3.63) is 51.7 Å². The molecular weight excluding hydrogens is 414 g/mol. The molecule has 0 saturated carbocycles. The highest BCUT2D eigenvalue weighted by Gasteiger charge is 2.03. The minimum absolute atomic E-state index is 0. The minimum Gasteiger partial charge on any atom is -0.357 e. The van der Waals surface area contributed by atoms with Crippen molar-refractivity contribution in [3.8, 4) is 0 Å². The van der Waals surface area contributed by atoms with Gasteiger partial charge in [-0.2, -0.15) is 0 Å². The van der Waals surface area contributed by atoms with Gasteiger partial charge in [0.2, 0.25) is 0 Å². The smallest absolute Gasteiger partial charge is 0.191 e. The Morgan fingerprint density at radius 3 is 2.82 bits per heavy atom. The Morgan fingerprint density at radius 1 is 1.36 bits per heavy atom. The van der Waals surface area contributed by atoms with Crippen LogP contribution >= 0.6 is 35.3 Å². The van der Waals surface area contributed by atoms with Crippen molar-refractivity contribution in [1.82, 2.24) is 15.6 Å². The Balaban J connectivity index is 0.00000242. The molecule has 2 aromatic rings. The molecular formula is C15H20FIN4S. The first-order valence-electron chi connectivity index (χ1n) is 6.84. The Bertz CT molecular complexity index is 615. The Hall–Kier alpha value is -1.22. The first-order valence-corrected chi connectivity index (χ1v) is 7.72. The molecule has 0 bridgehead atoms. The van der Waals surface area contributed by atoms with Crippen LogP contribution in [0.1, 0.15) is 23.1 Å². The first-order chi connectivity index (χ1) is 10.2. The molecule has 1 aromatic carbocycles. The summed E-state index contributed by atoms with van der Waals surface area (Å²) in [5.41, 5.74) is 3.72. The molecule has 0 spiro atoms. The van der Waals surface area contributed by atoms with Crippen LogP contribution in [0.4, 0.5) is 4.39 Å². The molecule has 0 aliphatic rings. The number of hydrogen-bond acceptors (Lipinski definition) is 3. The first kappa shape index (κ1) is 18.8. The highest BCUT2D eigenvalue weighted by Crippen LogP contribution is 2.11. The van der Waals surface area contributed by atoms with Crippen molar-refractivity contribution in [2.75, 3.05) is 6.54 Å². The van der Waals surface area contributed by atoms with Crippen LogP contribution in [0, 0.1) is 12.7 Å². The van der Waals surface area contributed by atoms with Crippen LogP contribution in [-0.4, -0.2) is 17.5 Å². The Morgan fingerprint density at radius 2 is 2.18 bits per heavy atom. The van der Waals surface area contributed by atoms with E-state index in [1.165, 1.54) is 17.0 Å². The number of halogens is 2. The van der Waals surface area contributed by atoms with Gasteiger partial charge >= 0.3 is 0 Å². The van der Waals surface area contributed by atoms with Gasteiger partial charge in [-0.25, -0.2) is 14.4 Å². The van der Waals surface area contributed by atoms with Gasteiger partial charge in [-0.1, -0.05) is 12.1 Å². The number of aromatic nitrogens is 1. The number of guanidine groups is 1. The zero-order valence-corrected chi connectivity index (χ0v) is 15.7. The summed E-state index contributed by atoms with van der Waals surface area (Å²) in [5.74, 6) is 0.482. The van der Waals surface area contributed by atoms with Crippen LogP contribution in [0.15, 0.2) is 34.8 Å². The maximum Gasteiger partial charge on any atom is 0.191 e. The molecule has 0 saturated heterocycles. The van der Waals surface area contributed by atoms with Crippen molar-refractivity contribution in [1.29, 1.82) is 0 Å². The van der Waals surface area contributed by atoms with Crippen LogP contribution in [0.25, 0.3) is 0 Å². The van der Waals surface area contributed by atoms with Crippen LogP contribution in [-0.2, 0) is 13.1 Å². The lowest BCUT2D eigenvalue weighted by molar-refractivity contribution is 0.625. The van der Waals surface area contributed by atoms with Gasteiger partial charge in [0.05, 0.1) is 24.3 Å². The Labute approximate surface area is 151 Å². The van der Waals surface area contributed by atoms with Crippen LogP contribution in [0.2, 0.25) is 0 Å². The van der Waals surface area contributed by atoms with E-state index in [0.29, 0.717) is 13.1 Å². The second-order valence-electron chi connectivity index (χ2n) is 4.54. The zero-order valence-electron chi connectivity index (χ0n) is 12.6. The molecule has 120 valence electrons. The molecule has 0 aliphatic heterocycles. The van der Waals surface area contributed by atoms with E-state index < -0.39 is 0 Å². The molecule has 4 nitrogen and oxygen atoms in total. The molecule has 0 fully saturated rings. The molecule has 22 heavy (non-hydrogen) atoms. The third kappa shape index (κ3) is 5.88. The number of rotatable bonds is 5. The summed E-state index contributed by atoms with van der Waals surface area (Å²) in [6.07, 6.45) is 0. The third-order valence-electron chi connectivity index (χ3n) is 2.91. The summed E-state index contributed by atoms with van der Waals surface area (Å²) in [4.78, 5) is 9.87. The second kappa shape index (κ2) is 9.73. The zero-order chi connectivity index (χ0) is 15.1. The maximum atomic E-state index is 13.1. The quantitative estimate of drug-likeness (QED) is 0.431. The van der Waals surface area contributed by atoms with Crippen LogP contribution in [0.5, 0.6) is 0 Å². The molecule has 1 heterocycles. The summed E-state index contributed by atoms with van der Waals surface area (Å²) < 4.78 is 13.1. The average molecular weight is 434 g/mol. The molecule has 1 aromatic heterocycles. The summed E-state index contributed by atoms with van der Waals surface area (Å²) in [6, 6.07) is 6.49. The SMILES string of the molecule is CCNC(=NCc1cccc(F)c1)NCc1scnc1C.I. The lowest BCUT2D eigenvalue weighted by atomic mass is 10.2. The van der Waals surface area contributed by atoms with E-state index in [2.05, 4.69) is 20.6 Å².